The number of halogens is 2. The first-order valence-electron chi connectivity index (χ1n) is 5.60. The number of fused-ring (bicyclic) bond motifs is 1. The Morgan fingerprint density at radius 2 is 1.53 bits per heavy atom. The Hall–Kier alpha value is -1.55. The van der Waals surface area contributed by atoms with Gasteiger partial charge in [-0.3, -0.25) is 0 Å². The van der Waals surface area contributed by atoms with E-state index in [1.165, 1.54) is 0 Å². The van der Waals surface area contributed by atoms with Crippen molar-refractivity contribution in [3.8, 4) is 0 Å². The van der Waals surface area contributed by atoms with Crippen LogP contribution in [0.3, 0.4) is 0 Å². The van der Waals surface area contributed by atoms with Crippen LogP contribution >= 0.6 is 24.8 Å². The quantitative estimate of drug-likeness (QED) is 0.761. The third-order valence-electron chi connectivity index (χ3n) is 2.86. The average Bonchev–Trinajstić information content (AvgIpc) is 2.82. The molecule has 3 rings (SSSR count). The van der Waals surface area contributed by atoms with Gasteiger partial charge in [0.2, 0.25) is 0 Å². The molecular weight excluding hydrogens is 281 g/mol. The Bertz CT molecular complexity index is 604. The van der Waals surface area contributed by atoms with Crippen LogP contribution in [0.5, 0.6) is 0 Å². The van der Waals surface area contributed by atoms with Crippen molar-refractivity contribution in [2.45, 2.75) is 6.04 Å². The fourth-order valence-electron chi connectivity index (χ4n) is 1.94. The van der Waals surface area contributed by atoms with E-state index in [1.54, 1.807) is 0 Å². The zero-order chi connectivity index (χ0) is 11.7. The topological polar surface area (TPSA) is 54.7 Å². The number of benzene rings is 2. The lowest BCUT2D eigenvalue weighted by Gasteiger charge is -2.08. The molecule has 0 radical (unpaired) electrons. The van der Waals surface area contributed by atoms with Crippen molar-refractivity contribution < 1.29 is 0 Å². The van der Waals surface area contributed by atoms with E-state index in [1.807, 2.05) is 54.6 Å². The summed E-state index contributed by atoms with van der Waals surface area (Å²) in [4.78, 5) is 7.77. The minimum atomic E-state index is -0.205. The van der Waals surface area contributed by atoms with E-state index in [0.717, 1.165) is 22.4 Å². The Balaban J connectivity index is 0.000000902. The van der Waals surface area contributed by atoms with Crippen molar-refractivity contribution in [1.29, 1.82) is 0 Å². The number of hydrogen-bond donors (Lipinski definition) is 2. The van der Waals surface area contributed by atoms with Gasteiger partial charge in [0.05, 0.1) is 17.1 Å². The molecule has 0 fully saturated rings. The molecule has 0 unspecified atom stereocenters. The molecule has 0 aliphatic rings. The maximum Gasteiger partial charge on any atom is 0.128 e. The molecule has 0 aliphatic heterocycles. The highest BCUT2D eigenvalue weighted by atomic mass is 35.5. The molecule has 0 saturated carbocycles. The Labute approximate surface area is 124 Å². The number of hydrogen-bond acceptors (Lipinski definition) is 2. The van der Waals surface area contributed by atoms with Crippen LogP contribution in [0.1, 0.15) is 17.4 Å². The van der Waals surface area contributed by atoms with E-state index in [0.29, 0.717) is 0 Å². The van der Waals surface area contributed by atoms with Gasteiger partial charge in [0, 0.05) is 0 Å². The summed E-state index contributed by atoms with van der Waals surface area (Å²) in [6.45, 7) is 0. The summed E-state index contributed by atoms with van der Waals surface area (Å²) in [6, 6.07) is 17.7. The van der Waals surface area contributed by atoms with Gasteiger partial charge in [-0.15, -0.1) is 24.8 Å². The van der Waals surface area contributed by atoms with E-state index < -0.39 is 0 Å². The Morgan fingerprint density at radius 3 is 2.21 bits per heavy atom. The molecule has 1 aromatic heterocycles. The van der Waals surface area contributed by atoms with Crippen LogP contribution in [-0.2, 0) is 0 Å². The minimum absolute atomic E-state index is 0. The molecule has 1 atom stereocenters. The summed E-state index contributed by atoms with van der Waals surface area (Å²) in [6.07, 6.45) is 0. The first-order valence-corrected chi connectivity index (χ1v) is 5.60. The summed E-state index contributed by atoms with van der Waals surface area (Å²) in [7, 11) is 0. The van der Waals surface area contributed by atoms with E-state index in [2.05, 4.69) is 9.97 Å². The molecule has 1 heterocycles. The van der Waals surface area contributed by atoms with Crippen LogP contribution in [-0.4, -0.2) is 9.97 Å². The van der Waals surface area contributed by atoms with Crippen LogP contribution in [0.25, 0.3) is 11.0 Å². The van der Waals surface area contributed by atoms with Gasteiger partial charge in [-0.05, 0) is 17.7 Å². The number of aromatic nitrogens is 2. The molecule has 100 valence electrons. The maximum atomic E-state index is 6.19. The molecule has 19 heavy (non-hydrogen) atoms. The summed E-state index contributed by atoms with van der Waals surface area (Å²) >= 11 is 0. The van der Waals surface area contributed by atoms with Gasteiger partial charge < -0.3 is 10.7 Å². The van der Waals surface area contributed by atoms with Crippen molar-refractivity contribution in [1.82, 2.24) is 9.97 Å². The molecule has 0 saturated heterocycles. The monoisotopic (exact) mass is 295 g/mol. The summed E-state index contributed by atoms with van der Waals surface area (Å²) in [5.74, 6) is 0.803. The number of H-pyrrole nitrogens is 1. The number of nitrogens with two attached hydrogens (primary N) is 1. The smallest absolute Gasteiger partial charge is 0.128 e. The van der Waals surface area contributed by atoms with Crippen molar-refractivity contribution in [2.75, 3.05) is 0 Å². The van der Waals surface area contributed by atoms with Gasteiger partial charge in [-0.2, -0.15) is 0 Å². The fraction of sp³-hybridized carbons (Fsp3) is 0.0714. The van der Waals surface area contributed by atoms with Crippen molar-refractivity contribution in [2.24, 2.45) is 5.73 Å². The predicted octanol–water partition coefficient (Wildman–Crippen LogP) is 3.45. The van der Waals surface area contributed by atoms with Crippen LogP contribution in [0.15, 0.2) is 54.6 Å². The second-order valence-electron chi connectivity index (χ2n) is 4.03. The third kappa shape index (κ3) is 3.07. The fourth-order valence-corrected chi connectivity index (χ4v) is 1.94. The van der Waals surface area contributed by atoms with Crippen molar-refractivity contribution >= 4 is 35.8 Å². The van der Waals surface area contributed by atoms with E-state index >= 15 is 0 Å². The second-order valence-corrected chi connectivity index (χ2v) is 4.03. The number of aromatic amines is 1. The number of nitrogens with zero attached hydrogens (tertiary/aromatic N) is 1. The summed E-state index contributed by atoms with van der Waals surface area (Å²) < 4.78 is 0. The van der Waals surface area contributed by atoms with E-state index in [9.17, 15) is 0 Å². The highest BCUT2D eigenvalue weighted by molar-refractivity contribution is 5.85. The number of rotatable bonds is 2. The van der Waals surface area contributed by atoms with E-state index in [4.69, 9.17) is 5.73 Å². The molecule has 0 spiro atoms. The lowest BCUT2D eigenvalue weighted by Crippen LogP contribution is -2.13. The molecular formula is C14H15Cl2N3. The van der Waals surface area contributed by atoms with Gasteiger partial charge in [-0.1, -0.05) is 42.5 Å². The zero-order valence-electron chi connectivity index (χ0n) is 10.1. The van der Waals surface area contributed by atoms with Crippen LogP contribution in [0.4, 0.5) is 0 Å². The maximum absolute atomic E-state index is 6.19. The first kappa shape index (κ1) is 15.5. The molecule has 3 aromatic rings. The molecule has 0 aliphatic carbocycles. The van der Waals surface area contributed by atoms with Gasteiger partial charge in [0.25, 0.3) is 0 Å². The molecule has 3 N–H and O–H groups in total. The molecule has 2 aromatic carbocycles. The Morgan fingerprint density at radius 1 is 0.895 bits per heavy atom. The average molecular weight is 296 g/mol. The standard InChI is InChI=1S/C14H13N3.2ClH/c15-13(10-6-2-1-3-7-10)14-16-11-8-4-5-9-12(11)17-14;;/h1-9,13H,15H2,(H,16,17);2*1H/t13-;;/m0../s1. The lowest BCUT2D eigenvalue weighted by atomic mass is 10.1. The van der Waals surface area contributed by atoms with Crippen LogP contribution in [0, 0.1) is 0 Å². The predicted molar refractivity (Wildman–Crippen MR) is 83.1 cm³/mol. The largest absolute Gasteiger partial charge is 0.340 e. The normalized spacial score (nSPS) is 11.4. The van der Waals surface area contributed by atoms with Gasteiger partial charge in [0.15, 0.2) is 0 Å². The molecule has 5 heteroatoms. The first-order chi connectivity index (χ1) is 8.34. The number of nitrogens with one attached hydrogen (secondary N) is 1. The van der Waals surface area contributed by atoms with Crippen LogP contribution in [0.2, 0.25) is 0 Å². The third-order valence-corrected chi connectivity index (χ3v) is 2.86. The SMILES string of the molecule is Cl.Cl.N[C@@H](c1ccccc1)c1nc2ccccc2[nH]1. The minimum Gasteiger partial charge on any atom is -0.340 e. The highest BCUT2D eigenvalue weighted by Crippen LogP contribution is 2.19. The van der Waals surface area contributed by atoms with Gasteiger partial charge in [0.1, 0.15) is 5.82 Å². The highest BCUT2D eigenvalue weighted by Gasteiger charge is 2.12. The van der Waals surface area contributed by atoms with Gasteiger partial charge >= 0.3 is 0 Å². The van der Waals surface area contributed by atoms with Crippen LogP contribution < -0.4 is 5.73 Å². The summed E-state index contributed by atoms with van der Waals surface area (Å²) in [5.41, 5.74) is 9.22. The second kappa shape index (κ2) is 6.57. The molecule has 0 bridgehead atoms. The molecule has 0 amide bonds. The zero-order valence-corrected chi connectivity index (χ0v) is 11.7. The number of para-hydroxylation sites is 2. The van der Waals surface area contributed by atoms with Gasteiger partial charge in [-0.25, -0.2) is 4.98 Å². The van der Waals surface area contributed by atoms with E-state index in [-0.39, 0.29) is 30.9 Å². The van der Waals surface area contributed by atoms with Crippen molar-refractivity contribution in [3.63, 3.8) is 0 Å². The lowest BCUT2D eigenvalue weighted by molar-refractivity contribution is 0.806. The summed E-state index contributed by atoms with van der Waals surface area (Å²) in [5, 5.41) is 0. The Kier molecular flexibility index (Phi) is 5.36. The molecule has 3 nitrogen and oxygen atoms in total. The number of imidazole rings is 1. The van der Waals surface area contributed by atoms with Crippen molar-refractivity contribution in [3.05, 3.63) is 66.0 Å².